The van der Waals surface area contributed by atoms with Gasteiger partial charge in [-0.25, -0.2) is 4.98 Å². The molecule has 1 amide bonds. The highest BCUT2D eigenvalue weighted by molar-refractivity contribution is 6.29. The lowest BCUT2D eigenvalue weighted by atomic mass is 10.1. The van der Waals surface area contributed by atoms with Gasteiger partial charge in [-0.2, -0.15) is 0 Å². The Morgan fingerprint density at radius 3 is 2.63 bits per heavy atom. The van der Waals surface area contributed by atoms with Crippen molar-refractivity contribution in [3.05, 3.63) is 53.3 Å². The van der Waals surface area contributed by atoms with Gasteiger partial charge in [0.2, 0.25) is 0 Å². The third-order valence-electron chi connectivity index (χ3n) is 2.79. The number of hydrogen-bond donors (Lipinski definition) is 1. The number of primary amides is 1. The minimum absolute atomic E-state index is 0.328. The first-order valence-electron chi connectivity index (χ1n) is 5.91. The van der Waals surface area contributed by atoms with E-state index in [1.807, 2.05) is 42.2 Å². The lowest BCUT2D eigenvalue weighted by Crippen LogP contribution is -2.22. The number of amides is 1. The number of carbonyl (C=O) groups is 1. The van der Waals surface area contributed by atoms with Crippen LogP contribution in [0.5, 0.6) is 0 Å². The summed E-state index contributed by atoms with van der Waals surface area (Å²) in [5.74, 6) is -0.520. The molecule has 0 saturated carbocycles. The van der Waals surface area contributed by atoms with Gasteiger partial charge in [-0.1, -0.05) is 29.8 Å². The number of pyridine rings is 1. The normalized spacial score (nSPS) is 10.2. The van der Waals surface area contributed by atoms with Crippen LogP contribution in [-0.2, 0) is 0 Å². The van der Waals surface area contributed by atoms with Gasteiger partial charge in [-0.05, 0) is 25.1 Å². The second-order valence-corrected chi connectivity index (χ2v) is 4.36. The number of rotatable bonds is 4. The van der Waals surface area contributed by atoms with Crippen molar-refractivity contribution >= 4 is 28.9 Å². The Morgan fingerprint density at radius 1 is 1.37 bits per heavy atom. The molecule has 2 rings (SSSR count). The molecule has 0 fully saturated rings. The number of nitrogens with two attached hydrogens (primary N) is 1. The van der Waals surface area contributed by atoms with Crippen molar-refractivity contribution in [1.82, 2.24) is 4.98 Å². The second kappa shape index (κ2) is 5.71. The zero-order valence-electron chi connectivity index (χ0n) is 10.5. The van der Waals surface area contributed by atoms with Crippen LogP contribution >= 0.6 is 11.6 Å². The number of benzene rings is 1. The minimum Gasteiger partial charge on any atom is -0.365 e. The summed E-state index contributed by atoms with van der Waals surface area (Å²) in [5, 5.41) is 0.328. The van der Waals surface area contributed by atoms with E-state index in [1.165, 1.54) is 6.20 Å². The van der Waals surface area contributed by atoms with Gasteiger partial charge in [0.05, 0.1) is 11.3 Å². The fourth-order valence-electron chi connectivity index (χ4n) is 1.93. The van der Waals surface area contributed by atoms with Crippen molar-refractivity contribution in [3.8, 4) is 0 Å². The zero-order chi connectivity index (χ0) is 13.8. The van der Waals surface area contributed by atoms with E-state index in [0.717, 1.165) is 5.69 Å². The molecule has 5 heteroatoms. The Kier molecular flexibility index (Phi) is 4.02. The molecule has 2 N–H and O–H groups in total. The molecule has 0 unspecified atom stereocenters. The molecule has 4 nitrogen and oxygen atoms in total. The first-order chi connectivity index (χ1) is 9.13. The summed E-state index contributed by atoms with van der Waals surface area (Å²) in [6.07, 6.45) is 1.41. The van der Waals surface area contributed by atoms with Gasteiger partial charge < -0.3 is 10.6 Å². The first-order valence-corrected chi connectivity index (χ1v) is 6.29. The molecule has 2 aromatic rings. The van der Waals surface area contributed by atoms with Crippen molar-refractivity contribution in [2.75, 3.05) is 11.4 Å². The van der Waals surface area contributed by atoms with Crippen LogP contribution in [0.25, 0.3) is 0 Å². The molecular weight excluding hydrogens is 262 g/mol. The van der Waals surface area contributed by atoms with Crippen LogP contribution in [-0.4, -0.2) is 17.4 Å². The van der Waals surface area contributed by atoms with E-state index in [0.29, 0.717) is 22.9 Å². The van der Waals surface area contributed by atoms with E-state index < -0.39 is 5.91 Å². The third kappa shape index (κ3) is 2.85. The molecule has 1 heterocycles. The maximum Gasteiger partial charge on any atom is 0.252 e. The zero-order valence-corrected chi connectivity index (χ0v) is 11.3. The summed E-state index contributed by atoms with van der Waals surface area (Å²) in [6.45, 7) is 2.68. The predicted molar refractivity (Wildman–Crippen MR) is 76.9 cm³/mol. The number of aromatic nitrogens is 1. The van der Waals surface area contributed by atoms with Crippen LogP contribution in [0.1, 0.15) is 17.3 Å². The molecule has 1 aromatic heterocycles. The van der Waals surface area contributed by atoms with E-state index in [1.54, 1.807) is 6.07 Å². The van der Waals surface area contributed by atoms with Gasteiger partial charge >= 0.3 is 0 Å². The smallest absolute Gasteiger partial charge is 0.252 e. The van der Waals surface area contributed by atoms with Crippen molar-refractivity contribution in [3.63, 3.8) is 0 Å². The molecule has 0 spiro atoms. The molecule has 0 aliphatic carbocycles. The number of halogens is 1. The SMILES string of the molecule is CCN(c1ccccc1)c1cc(Cl)ncc1C(N)=O. The van der Waals surface area contributed by atoms with Crippen molar-refractivity contribution in [1.29, 1.82) is 0 Å². The number of nitrogens with zero attached hydrogens (tertiary/aromatic N) is 2. The number of para-hydroxylation sites is 1. The average molecular weight is 276 g/mol. The molecule has 0 atom stereocenters. The lowest BCUT2D eigenvalue weighted by molar-refractivity contribution is 0.100. The molecule has 0 aliphatic rings. The Bertz CT molecular complexity index is 586. The van der Waals surface area contributed by atoms with Gasteiger partial charge in [0.25, 0.3) is 5.91 Å². The Balaban J connectivity index is 2.55. The lowest BCUT2D eigenvalue weighted by Gasteiger charge is -2.25. The summed E-state index contributed by atoms with van der Waals surface area (Å²) >= 11 is 5.92. The summed E-state index contributed by atoms with van der Waals surface area (Å²) in [5.41, 5.74) is 7.38. The maximum absolute atomic E-state index is 11.5. The predicted octanol–water partition coefficient (Wildman–Crippen LogP) is 2.99. The molecule has 1 aromatic carbocycles. The van der Waals surface area contributed by atoms with Gasteiger partial charge in [0, 0.05) is 18.4 Å². The largest absolute Gasteiger partial charge is 0.365 e. The molecule has 0 bridgehead atoms. The van der Waals surface area contributed by atoms with Crippen LogP contribution in [0, 0.1) is 0 Å². The molecule has 19 heavy (non-hydrogen) atoms. The van der Waals surface area contributed by atoms with E-state index in [-0.39, 0.29) is 0 Å². The number of anilines is 2. The first kappa shape index (κ1) is 13.4. The van der Waals surface area contributed by atoms with E-state index in [4.69, 9.17) is 17.3 Å². The fraction of sp³-hybridized carbons (Fsp3) is 0.143. The molecule has 98 valence electrons. The maximum atomic E-state index is 11.5. The highest BCUT2D eigenvalue weighted by Gasteiger charge is 2.16. The number of carbonyl (C=O) groups excluding carboxylic acids is 1. The quantitative estimate of drug-likeness (QED) is 0.873. The van der Waals surface area contributed by atoms with Crippen LogP contribution in [0.2, 0.25) is 5.15 Å². The standard InChI is InChI=1S/C14H14ClN3O/c1-2-18(10-6-4-3-5-7-10)12-8-13(15)17-9-11(12)14(16)19/h3-9H,2H2,1H3,(H2,16,19). The van der Waals surface area contributed by atoms with Crippen LogP contribution in [0.15, 0.2) is 42.6 Å². The molecular formula is C14H14ClN3O. The van der Waals surface area contributed by atoms with Crippen LogP contribution in [0.4, 0.5) is 11.4 Å². The topological polar surface area (TPSA) is 59.2 Å². The van der Waals surface area contributed by atoms with E-state index in [9.17, 15) is 4.79 Å². The Morgan fingerprint density at radius 2 is 2.05 bits per heavy atom. The Labute approximate surface area is 116 Å². The second-order valence-electron chi connectivity index (χ2n) is 3.97. The van der Waals surface area contributed by atoms with E-state index >= 15 is 0 Å². The van der Waals surface area contributed by atoms with Crippen molar-refractivity contribution in [2.24, 2.45) is 5.73 Å². The summed E-state index contributed by atoms with van der Waals surface area (Å²) in [7, 11) is 0. The van der Waals surface area contributed by atoms with E-state index in [2.05, 4.69) is 4.98 Å². The monoisotopic (exact) mass is 275 g/mol. The fourth-order valence-corrected chi connectivity index (χ4v) is 2.09. The average Bonchev–Trinajstić information content (AvgIpc) is 2.40. The highest BCUT2D eigenvalue weighted by atomic mass is 35.5. The van der Waals surface area contributed by atoms with Crippen molar-refractivity contribution in [2.45, 2.75) is 6.92 Å². The summed E-state index contributed by atoms with van der Waals surface area (Å²) in [4.78, 5) is 17.4. The molecule has 0 aliphatic heterocycles. The minimum atomic E-state index is -0.520. The van der Waals surface area contributed by atoms with Gasteiger partial charge in [-0.3, -0.25) is 4.79 Å². The van der Waals surface area contributed by atoms with Gasteiger partial charge in [-0.15, -0.1) is 0 Å². The highest BCUT2D eigenvalue weighted by Crippen LogP contribution is 2.29. The van der Waals surface area contributed by atoms with Gasteiger partial charge in [0.1, 0.15) is 5.15 Å². The summed E-state index contributed by atoms with van der Waals surface area (Å²) < 4.78 is 0. The Hall–Kier alpha value is -2.07. The van der Waals surface area contributed by atoms with Crippen molar-refractivity contribution < 1.29 is 4.79 Å². The van der Waals surface area contributed by atoms with Crippen LogP contribution in [0.3, 0.4) is 0 Å². The summed E-state index contributed by atoms with van der Waals surface area (Å²) in [6, 6.07) is 11.4. The number of hydrogen-bond acceptors (Lipinski definition) is 3. The third-order valence-corrected chi connectivity index (χ3v) is 3.00. The molecule has 0 saturated heterocycles. The van der Waals surface area contributed by atoms with Gasteiger partial charge in [0.15, 0.2) is 0 Å². The molecule has 0 radical (unpaired) electrons. The van der Waals surface area contributed by atoms with Crippen LogP contribution < -0.4 is 10.6 Å².